The number of aromatic nitrogens is 2. The van der Waals surface area contributed by atoms with Crippen molar-refractivity contribution < 1.29 is 19.1 Å². The summed E-state index contributed by atoms with van der Waals surface area (Å²) in [7, 11) is 2.98. The van der Waals surface area contributed by atoms with Gasteiger partial charge in [0.2, 0.25) is 0 Å². The lowest BCUT2D eigenvalue weighted by atomic mass is 9.77. The van der Waals surface area contributed by atoms with Crippen molar-refractivity contribution in [3.8, 4) is 0 Å². The van der Waals surface area contributed by atoms with Crippen LogP contribution in [-0.4, -0.2) is 84.8 Å². The van der Waals surface area contributed by atoms with Gasteiger partial charge in [0.25, 0.3) is 0 Å². The first-order valence-electron chi connectivity index (χ1n) is 18.9. The quantitative estimate of drug-likeness (QED) is 0.132. The van der Waals surface area contributed by atoms with E-state index in [1.54, 1.807) is 0 Å². The van der Waals surface area contributed by atoms with Crippen LogP contribution in [0.1, 0.15) is 87.2 Å². The molecule has 1 unspecified atom stereocenters. The van der Waals surface area contributed by atoms with Gasteiger partial charge in [-0.15, -0.1) is 0 Å². The standard InChI is InChI=1S/C42H54N4O4/c1-5-29-13-11-23-44(27-29)25-20-33-32-16-8-10-18-37(32)46-38(33)35(40(47)49-3)19-22-42(46,41(48)50-4)39-34(31-15-7-9-17-36(31)43-39)21-26-45-24-12-14-30(6-2)28-45/h7-10,14-18,29,35,43H,5-6,11-13,19-28H2,1-4H3/t29?,35-,42-/m1/s1. The third-order valence-corrected chi connectivity index (χ3v) is 12.1. The Balaban J connectivity index is 1.40. The minimum atomic E-state index is -1.18. The van der Waals surface area contributed by atoms with Gasteiger partial charge in [-0.2, -0.15) is 0 Å². The number of carbonyl (C=O) groups is 2. The number of methoxy groups -OCH3 is 2. The van der Waals surface area contributed by atoms with Crippen molar-refractivity contribution in [2.75, 3.05) is 53.5 Å². The lowest BCUT2D eigenvalue weighted by molar-refractivity contribution is -0.152. The Hall–Kier alpha value is -3.88. The van der Waals surface area contributed by atoms with Crippen LogP contribution >= 0.6 is 0 Å². The molecule has 5 heterocycles. The molecule has 0 amide bonds. The minimum absolute atomic E-state index is 0.250. The summed E-state index contributed by atoms with van der Waals surface area (Å²) in [6.45, 7) is 10.6. The highest BCUT2D eigenvalue weighted by molar-refractivity contribution is 5.96. The number of ether oxygens (including phenoxy) is 2. The number of H-pyrrole nitrogens is 1. The van der Waals surface area contributed by atoms with Crippen LogP contribution in [0.5, 0.6) is 0 Å². The van der Waals surface area contributed by atoms with E-state index in [1.165, 1.54) is 39.1 Å². The monoisotopic (exact) mass is 678 g/mol. The summed E-state index contributed by atoms with van der Waals surface area (Å²) >= 11 is 0. The molecule has 266 valence electrons. The highest BCUT2D eigenvalue weighted by atomic mass is 16.5. The molecule has 0 aliphatic carbocycles. The Kier molecular flexibility index (Phi) is 10.2. The van der Waals surface area contributed by atoms with Crippen molar-refractivity contribution in [1.29, 1.82) is 0 Å². The first-order valence-corrected chi connectivity index (χ1v) is 18.9. The SMILES string of the molecule is CCC1=CCCN(CCc2c([C@@]3(C(=O)OC)CC[C@@H](C(=O)OC)c4c(CCN5CCCC(CC)C5)c5ccccc5n43)[nH]c3ccccc23)C1. The van der Waals surface area contributed by atoms with Crippen molar-refractivity contribution in [3.05, 3.63) is 82.7 Å². The molecular formula is C42H54N4O4. The summed E-state index contributed by atoms with van der Waals surface area (Å²) < 4.78 is 13.5. The van der Waals surface area contributed by atoms with Gasteiger partial charge in [0.05, 0.1) is 25.8 Å². The molecule has 1 N–H and O–H groups in total. The fraction of sp³-hybridized carbons (Fsp3) is 0.524. The average molecular weight is 679 g/mol. The number of nitrogens with one attached hydrogen (secondary N) is 1. The molecule has 3 aliphatic heterocycles. The molecule has 4 aromatic rings. The van der Waals surface area contributed by atoms with Crippen molar-refractivity contribution in [2.45, 2.75) is 83.1 Å². The predicted octanol–water partition coefficient (Wildman–Crippen LogP) is 7.34. The summed E-state index contributed by atoms with van der Waals surface area (Å²) in [5, 5.41) is 2.23. The Bertz CT molecular complexity index is 1890. The number of hydrogen-bond acceptors (Lipinski definition) is 6. The third kappa shape index (κ3) is 6.08. The maximum absolute atomic E-state index is 14.7. The maximum atomic E-state index is 14.7. The van der Waals surface area contributed by atoms with Crippen molar-refractivity contribution in [2.24, 2.45) is 5.92 Å². The largest absolute Gasteiger partial charge is 0.469 e. The van der Waals surface area contributed by atoms with Gasteiger partial charge in [-0.1, -0.05) is 68.3 Å². The highest BCUT2D eigenvalue weighted by Crippen LogP contribution is 2.50. The normalized spacial score (nSPS) is 23.2. The van der Waals surface area contributed by atoms with Crippen LogP contribution in [0.4, 0.5) is 0 Å². The minimum Gasteiger partial charge on any atom is -0.469 e. The number of carbonyl (C=O) groups excluding carboxylic acids is 2. The summed E-state index contributed by atoms with van der Waals surface area (Å²) in [5.74, 6) is -0.309. The van der Waals surface area contributed by atoms with Gasteiger partial charge in [0.1, 0.15) is 0 Å². The van der Waals surface area contributed by atoms with Crippen molar-refractivity contribution in [3.63, 3.8) is 0 Å². The maximum Gasteiger partial charge on any atom is 0.338 e. The van der Waals surface area contributed by atoms with E-state index in [2.05, 4.69) is 75.7 Å². The molecular weight excluding hydrogens is 624 g/mol. The van der Waals surface area contributed by atoms with Crippen molar-refractivity contribution >= 4 is 33.7 Å². The zero-order valence-corrected chi connectivity index (χ0v) is 30.4. The number of benzene rings is 2. The first-order chi connectivity index (χ1) is 24.4. The van der Waals surface area contributed by atoms with Crippen LogP contribution in [0, 0.1) is 5.92 Å². The average Bonchev–Trinajstić information content (AvgIpc) is 3.72. The second kappa shape index (κ2) is 14.8. The van der Waals surface area contributed by atoms with Crippen LogP contribution in [-0.2, 0) is 37.4 Å². The Morgan fingerprint density at radius 1 is 0.900 bits per heavy atom. The fourth-order valence-electron chi connectivity index (χ4n) is 9.41. The topological polar surface area (TPSA) is 79.8 Å². The molecule has 3 aliphatic rings. The number of hydrogen-bond donors (Lipinski definition) is 1. The number of rotatable bonds is 11. The molecule has 0 radical (unpaired) electrons. The molecule has 1 fully saturated rings. The van der Waals surface area contributed by atoms with E-state index in [9.17, 15) is 9.59 Å². The molecule has 50 heavy (non-hydrogen) atoms. The smallest absolute Gasteiger partial charge is 0.338 e. The number of likely N-dealkylation sites (tertiary alicyclic amines) is 1. The molecule has 0 spiro atoms. The first kappa shape index (κ1) is 34.6. The van der Waals surface area contributed by atoms with Crippen molar-refractivity contribution in [1.82, 2.24) is 19.4 Å². The van der Waals surface area contributed by atoms with E-state index in [1.807, 2.05) is 12.1 Å². The van der Waals surface area contributed by atoms with Gasteiger partial charge in [-0.05, 0) is 87.1 Å². The van der Waals surface area contributed by atoms with Gasteiger partial charge < -0.3 is 23.9 Å². The second-order valence-corrected chi connectivity index (χ2v) is 14.7. The molecule has 3 atom stereocenters. The zero-order valence-electron chi connectivity index (χ0n) is 30.4. The van der Waals surface area contributed by atoms with Crippen LogP contribution < -0.4 is 0 Å². The van der Waals surface area contributed by atoms with Crippen LogP contribution in [0.2, 0.25) is 0 Å². The van der Waals surface area contributed by atoms with Crippen LogP contribution in [0.15, 0.2) is 60.2 Å². The number of para-hydroxylation sites is 2. The summed E-state index contributed by atoms with van der Waals surface area (Å²) in [4.78, 5) is 37.4. The van der Waals surface area contributed by atoms with Gasteiger partial charge in [0, 0.05) is 60.2 Å². The van der Waals surface area contributed by atoms with Gasteiger partial charge in [-0.3, -0.25) is 9.69 Å². The predicted molar refractivity (Wildman–Crippen MR) is 200 cm³/mol. The van der Waals surface area contributed by atoms with E-state index in [4.69, 9.17) is 9.47 Å². The molecule has 7 rings (SSSR count). The number of aromatic amines is 1. The van der Waals surface area contributed by atoms with E-state index in [0.29, 0.717) is 12.8 Å². The number of esters is 2. The van der Waals surface area contributed by atoms with Crippen LogP contribution in [0.3, 0.4) is 0 Å². The van der Waals surface area contributed by atoms with Gasteiger partial charge in [-0.25, -0.2) is 4.79 Å². The summed E-state index contributed by atoms with van der Waals surface area (Å²) in [6.07, 6.45) is 10.8. The highest BCUT2D eigenvalue weighted by Gasteiger charge is 2.53. The Labute approximate surface area is 296 Å². The molecule has 8 heteroatoms. The number of nitrogens with zero attached hydrogens (tertiary/aromatic N) is 3. The van der Waals surface area contributed by atoms with Gasteiger partial charge in [0.15, 0.2) is 5.54 Å². The fourth-order valence-corrected chi connectivity index (χ4v) is 9.41. The lowest BCUT2D eigenvalue weighted by Crippen LogP contribution is -2.49. The van der Waals surface area contributed by atoms with E-state index < -0.39 is 11.5 Å². The lowest BCUT2D eigenvalue weighted by Gasteiger charge is -2.41. The van der Waals surface area contributed by atoms with E-state index >= 15 is 0 Å². The van der Waals surface area contributed by atoms with Gasteiger partial charge >= 0.3 is 11.9 Å². The Morgan fingerprint density at radius 3 is 2.44 bits per heavy atom. The zero-order chi connectivity index (χ0) is 34.8. The molecule has 2 aromatic carbocycles. The van der Waals surface area contributed by atoms with E-state index in [0.717, 1.165) is 115 Å². The summed E-state index contributed by atoms with van der Waals surface area (Å²) in [6, 6.07) is 16.8. The molecule has 1 saturated heterocycles. The molecule has 2 aromatic heterocycles. The number of piperidine rings is 1. The molecule has 0 saturated carbocycles. The number of fused-ring (bicyclic) bond motifs is 4. The molecule has 0 bridgehead atoms. The second-order valence-electron chi connectivity index (χ2n) is 14.7. The summed E-state index contributed by atoms with van der Waals surface area (Å²) in [5.41, 5.74) is 6.36. The third-order valence-electron chi connectivity index (χ3n) is 12.1. The van der Waals surface area contributed by atoms with E-state index in [-0.39, 0.29) is 11.9 Å². The molecule has 8 nitrogen and oxygen atoms in total. The Morgan fingerprint density at radius 2 is 1.66 bits per heavy atom. The van der Waals surface area contributed by atoms with Crippen LogP contribution in [0.25, 0.3) is 21.8 Å².